The van der Waals surface area contributed by atoms with Gasteiger partial charge in [-0.05, 0) is 41.6 Å². The van der Waals surface area contributed by atoms with Crippen LogP contribution in [-0.4, -0.2) is 11.1 Å². The van der Waals surface area contributed by atoms with Crippen LogP contribution >= 0.6 is 23.4 Å². The maximum absolute atomic E-state index is 11.7. The predicted octanol–water partition coefficient (Wildman–Crippen LogP) is 4.24. The van der Waals surface area contributed by atoms with Crippen molar-refractivity contribution in [1.82, 2.24) is 5.32 Å². The van der Waals surface area contributed by atoms with Crippen molar-refractivity contribution in [2.45, 2.75) is 6.61 Å². The Bertz CT molecular complexity index is 790. The van der Waals surface area contributed by atoms with Crippen LogP contribution in [0.2, 0.25) is 5.02 Å². The van der Waals surface area contributed by atoms with Crippen LogP contribution in [-0.2, 0) is 11.4 Å². The van der Waals surface area contributed by atoms with E-state index in [2.05, 4.69) is 5.32 Å². The molecule has 1 aliphatic heterocycles. The van der Waals surface area contributed by atoms with Gasteiger partial charge in [0, 0.05) is 10.6 Å². The molecule has 1 saturated heterocycles. The maximum atomic E-state index is 11.7. The second kappa shape index (κ2) is 6.89. The summed E-state index contributed by atoms with van der Waals surface area (Å²) in [6.45, 7) is 0.400. The molecule has 1 heterocycles. The van der Waals surface area contributed by atoms with Crippen LogP contribution in [0, 0.1) is 0 Å². The van der Waals surface area contributed by atoms with Crippen molar-refractivity contribution in [3.05, 3.63) is 69.6 Å². The van der Waals surface area contributed by atoms with Gasteiger partial charge in [0.15, 0.2) is 0 Å². The van der Waals surface area contributed by atoms with Crippen molar-refractivity contribution in [2.24, 2.45) is 0 Å². The molecule has 0 atom stereocenters. The second-order valence-corrected chi connectivity index (χ2v) is 6.26. The number of hydrogen-bond donors (Lipinski definition) is 1. The molecule has 0 radical (unpaired) electrons. The smallest absolute Gasteiger partial charge is 0.290 e. The predicted molar refractivity (Wildman–Crippen MR) is 91.3 cm³/mol. The molecular weight excluding hydrogens is 334 g/mol. The first-order valence-electron chi connectivity index (χ1n) is 6.83. The van der Waals surface area contributed by atoms with E-state index in [1.165, 1.54) is 0 Å². The summed E-state index contributed by atoms with van der Waals surface area (Å²) < 4.78 is 5.82. The van der Waals surface area contributed by atoms with Crippen LogP contribution in [0.3, 0.4) is 0 Å². The van der Waals surface area contributed by atoms with Gasteiger partial charge in [-0.3, -0.25) is 14.9 Å². The molecule has 1 N–H and O–H groups in total. The highest BCUT2D eigenvalue weighted by Crippen LogP contribution is 2.31. The van der Waals surface area contributed by atoms with E-state index >= 15 is 0 Å². The lowest BCUT2D eigenvalue weighted by molar-refractivity contribution is -0.115. The van der Waals surface area contributed by atoms with Crippen molar-refractivity contribution in [2.75, 3.05) is 0 Å². The highest BCUT2D eigenvalue weighted by Gasteiger charge is 2.25. The molecule has 2 aromatic carbocycles. The minimum absolute atomic E-state index is 0.321. The Labute approximate surface area is 142 Å². The molecular formula is C17H12ClNO3S. The minimum atomic E-state index is -0.408. The third-order valence-corrected chi connectivity index (χ3v) is 4.18. The Balaban J connectivity index is 1.85. The van der Waals surface area contributed by atoms with Gasteiger partial charge in [0.2, 0.25) is 0 Å². The van der Waals surface area contributed by atoms with Crippen LogP contribution in [0.4, 0.5) is 4.79 Å². The Morgan fingerprint density at radius 1 is 1.13 bits per heavy atom. The van der Waals surface area contributed by atoms with Crippen molar-refractivity contribution in [3.63, 3.8) is 0 Å². The maximum Gasteiger partial charge on any atom is 0.290 e. The number of carbonyl (C=O) groups excluding carboxylic acids is 2. The molecule has 6 heteroatoms. The average Bonchev–Trinajstić information content (AvgIpc) is 2.85. The SMILES string of the molecule is O=C1NC(=O)/C(=C/c2cc(Cl)ccc2OCc2ccccc2)S1. The lowest BCUT2D eigenvalue weighted by Gasteiger charge is -2.10. The van der Waals surface area contributed by atoms with Crippen LogP contribution in [0.1, 0.15) is 11.1 Å². The minimum Gasteiger partial charge on any atom is -0.488 e. The van der Waals surface area contributed by atoms with Crippen molar-refractivity contribution in [1.29, 1.82) is 0 Å². The summed E-state index contributed by atoms with van der Waals surface area (Å²) in [5, 5.41) is 2.37. The number of halogens is 1. The highest BCUT2D eigenvalue weighted by molar-refractivity contribution is 8.18. The van der Waals surface area contributed by atoms with Gasteiger partial charge in [-0.25, -0.2) is 0 Å². The summed E-state index contributed by atoms with van der Waals surface area (Å²) in [7, 11) is 0. The Morgan fingerprint density at radius 3 is 2.61 bits per heavy atom. The lowest BCUT2D eigenvalue weighted by atomic mass is 10.1. The summed E-state index contributed by atoms with van der Waals surface area (Å²) in [6, 6.07) is 14.9. The molecule has 4 nitrogen and oxygen atoms in total. The van der Waals surface area contributed by atoms with E-state index < -0.39 is 5.91 Å². The fraction of sp³-hybridized carbons (Fsp3) is 0.0588. The zero-order valence-electron chi connectivity index (χ0n) is 11.9. The number of benzene rings is 2. The van der Waals surface area contributed by atoms with Gasteiger partial charge in [0.1, 0.15) is 12.4 Å². The highest BCUT2D eigenvalue weighted by atomic mass is 35.5. The number of thioether (sulfide) groups is 1. The number of carbonyl (C=O) groups is 2. The van der Waals surface area contributed by atoms with Gasteiger partial charge < -0.3 is 4.74 Å². The van der Waals surface area contributed by atoms with Gasteiger partial charge in [-0.2, -0.15) is 0 Å². The van der Waals surface area contributed by atoms with E-state index in [4.69, 9.17) is 16.3 Å². The lowest BCUT2D eigenvalue weighted by Crippen LogP contribution is -2.17. The van der Waals surface area contributed by atoms with Crippen LogP contribution in [0.15, 0.2) is 53.4 Å². The molecule has 23 heavy (non-hydrogen) atoms. The number of nitrogens with one attached hydrogen (secondary N) is 1. The summed E-state index contributed by atoms with van der Waals surface area (Å²) in [5.41, 5.74) is 1.69. The summed E-state index contributed by atoms with van der Waals surface area (Å²) in [4.78, 5) is 23.2. The van der Waals surface area contributed by atoms with Crippen LogP contribution in [0.25, 0.3) is 6.08 Å². The van der Waals surface area contributed by atoms with E-state index in [1.54, 1.807) is 24.3 Å². The van der Waals surface area contributed by atoms with Crippen LogP contribution < -0.4 is 10.1 Å². The standard InChI is InChI=1S/C17H12ClNO3S/c18-13-6-7-14(22-10-11-4-2-1-3-5-11)12(8-13)9-15-16(20)19-17(21)23-15/h1-9H,10H2,(H,19,20,21)/b15-9-. The number of hydrogen-bond acceptors (Lipinski definition) is 4. The first kappa shape index (κ1) is 15.6. The summed E-state index contributed by atoms with van der Waals surface area (Å²) in [6.07, 6.45) is 1.61. The second-order valence-electron chi connectivity index (χ2n) is 4.81. The van der Waals surface area contributed by atoms with E-state index in [9.17, 15) is 9.59 Å². The summed E-state index contributed by atoms with van der Waals surface area (Å²) >= 11 is 6.89. The zero-order valence-corrected chi connectivity index (χ0v) is 13.5. The monoisotopic (exact) mass is 345 g/mol. The van der Waals surface area contributed by atoms with Gasteiger partial charge in [0.25, 0.3) is 11.1 Å². The Hall–Kier alpha value is -2.24. The molecule has 0 aliphatic carbocycles. The quantitative estimate of drug-likeness (QED) is 0.842. The number of ether oxygens (including phenoxy) is 1. The fourth-order valence-electron chi connectivity index (χ4n) is 2.06. The molecule has 3 rings (SSSR count). The van der Waals surface area contributed by atoms with Crippen LogP contribution in [0.5, 0.6) is 5.75 Å². The van der Waals surface area contributed by atoms with Crippen molar-refractivity contribution < 1.29 is 14.3 Å². The molecule has 2 aromatic rings. The molecule has 0 bridgehead atoms. The topological polar surface area (TPSA) is 55.4 Å². The molecule has 0 aromatic heterocycles. The molecule has 2 amide bonds. The van der Waals surface area contributed by atoms with Gasteiger partial charge in [0.05, 0.1) is 4.91 Å². The first-order valence-corrected chi connectivity index (χ1v) is 8.02. The van der Waals surface area contributed by atoms with Gasteiger partial charge >= 0.3 is 0 Å². The molecule has 0 unspecified atom stereocenters. The van der Waals surface area contributed by atoms with Gasteiger partial charge in [-0.15, -0.1) is 0 Å². The molecule has 1 fully saturated rings. The average molecular weight is 346 g/mol. The zero-order chi connectivity index (χ0) is 16.2. The van der Waals surface area contributed by atoms with E-state index in [0.717, 1.165) is 17.3 Å². The van der Waals surface area contributed by atoms with Gasteiger partial charge in [-0.1, -0.05) is 41.9 Å². The Kier molecular flexibility index (Phi) is 4.69. The number of rotatable bonds is 4. The van der Waals surface area contributed by atoms with E-state index in [-0.39, 0.29) is 5.24 Å². The fourth-order valence-corrected chi connectivity index (χ4v) is 2.91. The van der Waals surface area contributed by atoms with Crippen molar-refractivity contribution in [3.8, 4) is 5.75 Å². The number of imide groups is 1. The third-order valence-electron chi connectivity index (χ3n) is 3.14. The Morgan fingerprint density at radius 2 is 1.91 bits per heavy atom. The van der Waals surface area contributed by atoms with Crippen molar-refractivity contribution >= 4 is 40.6 Å². The first-order chi connectivity index (χ1) is 11.1. The molecule has 116 valence electrons. The third kappa shape index (κ3) is 3.94. The largest absolute Gasteiger partial charge is 0.488 e. The number of amides is 2. The molecule has 0 spiro atoms. The molecule has 1 aliphatic rings. The summed E-state index contributed by atoms with van der Waals surface area (Å²) in [5.74, 6) is 0.187. The molecule has 0 saturated carbocycles. The van der Waals surface area contributed by atoms with E-state index in [0.29, 0.717) is 27.8 Å². The van der Waals surface area contributed by atoms with E-state index in [1.807, 2.05) is 30.3 Å². The normalized spacial score (nSPS) is 15.8.